The summed E-state index contributed by atoms with van der Waals surface area (Å²) in [5.41, 5.74) is 4.48. The van der Waals surface area contributed by atoms with Crippen molar-refractivity contribution >= 4 is 63.3 Å². The Bertz CT molecular complexity index is 1370. The molecule has 5 rings (SSSR count). The SMILES string of the molecule is O=C(NC(=S)Nc1ccc(N2CCN(C(=O)c3ccccc3)CC2)cc1)c1ccc2nsnc2c1. The Morgan fingerprint density at radius 3 is 2.29 bits per heavy atom. The summed E-state index contributed by atoms with van der Waals surface area (Å²) in [5, 5.41) is 5.96. The van der Waals surface area contributed by atoms with Crippen molar-refractivity contribution in [3.63, 3.8) is 0 Å². The van der Waals surface area contributed by atoms with Crippen LogP contribution in [0.3, 0.4) is 0 Å². The second kappa shape index (κ2) is 10.2. The van der Waals surface area contributed by atoms with E-state index in [1.165, 1.54) is 0 Å². The Labute approximate surface area is 211 Å². The van der Waals surface area contributed by atoms with Crippen molar-refractivity contribution < 1.29 is 9.59 Å². The summed E-state index contributed by atoms with van der Waals surface area (Å²) in [7, 11) is 0. The van der Waals surface area contributed by atoms with E-state index in [1.807, 2.05) is 59.5 Å². The van der Waals surface area contributed by atoms with Crippen LogP contribution < -0.4 is 15.5 Å². The van der Waals surface area contributed by atoms with Crippen LogP contribution in [0.15, 0.2) is 72.8 Å². The fourth-order valence-electron chi connectivity index (χ4n) is 3.95. The van der Waals surface area contributed by atoms with Crippen LogP contribution in [0.25, 0.3) is 11.0 Å². The molecule has 0 aliphatic carbocycles. The number of anilines is 2. The number of fused-ring (bicyclic) bond motifs is 1. The summed E-state index contributed by atoms with van der Waals surface area (Å²) in [6.45, 7) is 2.87. The molecular formula is C25H22N6O2S2. The Balaban J connectivity index is 1.13. The van der Waals surface area contributed by atoms with Crippen molar-refractivity contribution in [2.24, 2.45) is 0 Å². The van der Waals surface area contributed by atoms with Crippen LogP contribution in [-0.2, 0) is 0 Å². The van der Waals surface area contributed by atoms with Gasteiger partial charge in [-0.25, -0.2) is 0 Å². The first-order valence-electron chi connectivity index (χ1n) is 11.1. The monoisotopic (exact) mass is 502 g/mol. The predicted molar refractivity (Wildman–Crippen MR) is 142 cm³/mol. The van der Waals surface area contributed by atoms with Gasteiger partial charge in [-0.3, -0.25) is 14.9 Å². The molecule has 1 fully saturated rings. The molecule has 10 heteroatoms. The van der Waals surface area contributed by atoms with E-state index in [1.54, 1.807) is 18.2 Å². The molecule has 0 bridgehead atoms. The van der Waals surface area contributed by atoms with E-state index >= 15 is 0 Å². The van der Waals surface area contributed by atoms with Gasteiger partial charge in [-0.15, -0.1) is 0 Å². The molecule has 2 heterocycles. The number of rotatable bonds is 4. The molecule has 8 nitrogen and oxygen atoms in total. The Morgan fingerprint density at radius 2 is 1.54 bits per heavy atom. The maximum atomic E-state index is 12.7. The van der Waals surface area contributed by atoms with Gasteiger partial charge in [-0.2, -0.15) is 8.75 Å². The van der Waals surface area contributed by atoms with Gasteiger partial charge in [0.05, 0.1) is 11.7 Å². The van der Waals surface area contributed by atoms with Crippen LogP contribution in [0, 0.1) is 0 Å². The second-order valence-electron chi connectivity index (χ2n) is 8.07. The van der Waals surface area contributed by atoms with Crippen molar-refractivity contribution in [3.05, 3.63) is 83.9 Å². The molecule has 4 aromatic rings. The lowest BCUT2D eigenvalue weighted by Gasteiger charge is -2.36. The first-order valence-corrected chi connectivity index (χ1v) is 12.2. The van der Waals surface area contributed by atoms with Gasteiger partial charge in [-0.1, -0.05) is 18.2 Å². The van der Waals surface area contributed by atoms with E-state index in [0.29, 0.717) is 24.2 Å². The highest BCUT2D eigenvalue weighted by molar-refractivity contribution is 7.80. The lowest BCUT2D eigenvalue weighted by Crippen LogP contribution is -2.48. The number of hydrogen-bond acceptors (Lipinski definition) is 7. The van der Waals surface area contributed by atoms with Crippen molar-refractivity contribution in [1.29, 1.82) is 0 Å². The number of benzene rings is 3. The molecule has 35 heavy (non-hydrogen) atoms. The first kappa shape index (κ1) is 22.9. The first-order chi connectivity index (χ1) is 17.1. The fraction of sp³-hybridized carbons (Fsp3) is 0.160. The molecule has 1 aromatic heterocycles. The maximum absolute atomic E-state index is 12.7. The number of carbonyl (C=O) groups is 2. The predicted octanol–water partition coefficient (Wildman–Crippen LogP) is 3.78. The summed E-state index contributed by atoms with van der Waals surface area (Å²) in [4.78, 5) is 29.3. The standard InChI is InChI=1S/C25H22N6O2S2/c32-23(18-6-11-21-22(16-18)29-35-28-21)27-25(34)26-19-7-9-20(10-8-19)30-12-14-31(15-13-30)24(33)17-4-2-1-3-5-17/h1-11,16H,12-15H2,(H2,26,27,32,34). The van der Waals surface area contributed by atoms with E-state index in [4.69, 9.17) is 12.2 Å². The molecule has 0 unspecified atom stereocenters. The zero-order valence-corrected chi connectivity index (χ0v) is 20.3. The van der Waals surface area contributed by atoms with Gasteiger partial charge < -0.3 is 15.1 Å². The number of nitrogens with zero attached hydrogens (tertiary/aromatic N) is 4. The highest BCUT2D eigenvalue weighted by atomic mass is 32.1. The van der Waals surface area contributed by atoms with Gasteiger partial charge in [0.15, 0.2) is 5.11 Å². The van der Waals surface area contributed by atoms with Crippen molar-refractivity contribution in [1.82, 2.24) is 19.0 Å². The van der Waals surface area contributed by atoms with E-state index in [-0.39, 0.29) is 16.9 Å². The molecular weight excluding hydrogens is 480 g/mol. The van der Waals surface area contributed by atoms with Crippen LogP contribution in [-0.4, -0.2) is 56.8 Å². The zero-order valence-electron chi connectivity index (χ0n) is 18.7. The third kappa shape index (κ3) is 5.28. The second-order valence-corrected chi connectivity index (χ2v) is 9.00. The number of thiocarbonyl (C=S) groups is 1. The van der Waals surface area contributed by atoms with Gasteiger partial charge in [-0.05, 0) is 66.8 Å². The molecule has 0 spiro atoms. The number of aromatic nitrogens is 2. The Hall–Kier alpha value is -3.89. The molecule has 2 amide bonds. The van der Waals surface area contributed by atoms with E-state index < -0.39 is 0 Å². The number of piperazine rings is 1. The quantitative estimate of drug-likeness (QED) is 0.411. The fourth-order valence-corrected chi connectivity index (χ4v) is 4.68. The van der Waals surface area contributed by atoms with Gasteiger partial charge in [0.1, 0.15) is 11.0 Å². The van der Waals surface area contributed by atoms with E-state index in [0.717, 1.165) is 47.3 Å². The largest absolute Gasteiger partial charge is 0.368 e. The molecule has 1 aliphatic heterocycles. The average Bonchev–Trinajstić information content (AvgIpc) is 3.37. The summed E-state index contributed by atoms with van der Waals surface area (Å²) in [5.74, 6) is -0.236. The van der Waals surface area contributed by atoms with E-state index in [9.17, 15) is 9.59 Å². The topological polar surface area (TPSA) is 90.5 Å². The third-order valence-electron chi connectivity index (χ3n) is 5.82. The van der Waals surface area contributed by atoms with Crippen LogP contribution in [0.1, 0.15) is 20.7 Å². The minimum atomic E-state index is -0.308. The normalized spacial score (nSPS) is 13.5. The Morgan fingerprint density at radius 1 is 0.829 bits per heavy atom. The molecule has 0 radical (unpaired) electrons. The smallest absolute Gasteiger partial charge is 0.257 e. The van der Waals surface area contributed by atoms with Gasteiger partial charge in [0.25, 0.3) is 11.8 Å². The number of nitrogens with one attached hydrogen (secondary N) is 2. The lowest BCUT2D eigenvalue weighted by atomic mass is 10.1. The molecule has 1 aliphatic rings. The van der Waals surface area contributed by atoms with Crippen LogP contribution >= 0.6 is 23.9 Å². The van der Waals surface area contributed by atoms with Gasteiger partial charge in [0, 0.05) is 48.7 Å². The Kier molecular flexibility index (Phi) is 6.64. The lowest BCUT2D eigenvalue weighted by molar-refractivity contribution is 0.0746. The van der Waals surface area contributed by atoms with Crippen molar-refractivity contribution in [3.8, 4) is 0 Å². The number of amides is 2. The summed E-state index contributed by atoms with van der Waals surface area (Å²) in [6, 6.07) is 22.4. The molecule has 176 valence electrons. The maximum Gasteiger partial charge on any atom is 0.257 e. The third-order valence-corrected chi connectivity index (χ3v) is 6.58. The average molecular weight is 503 g/mol. The van der Waals surface area contributed by atoms with Gasteiger partial charge in [0.2, 0.25) is 0 Å². The number of hydrogen-bond donors (Lipinski definition) is 2. The molecule has 3 aromatic carbocycles. The highest BCUT2D eigenvalue weighted by Crippen LogP contribution is 2.20. The van der Waals surface area contributed by atoms with Gasteiger partial charge >= 0.3 is 0 Å². The van der Waals surface area contributed by atoms with Crippen molar-refractivity contribution in [2.45, 2.75) is 0 Å². The van der Waals surface area contributed by atoms with Crippen LogP contribution in [0.4, 0.5) is 11.4 Å². The van der Waals surface area contributed by atoms with Crippen molar-refractivity contribution in [2.75, 3.05) is 36.4 Å². The van der Waals surface area contributed by atoms with E-state index in [2.05, 4.69) is 24.3 Å². The molecule has 2 N–H and O–H groups in total. The highest BCUT2D eigenvalue weighted by Gasteiger charge is 2.22. The van der Waals surface area contributed by atoms with Crippen LogP contribution in [0.5, 0.6) is 0 Å². The summed E-state index contributed by atoms with van der Waals surface area (Å²) >= 11 is 6.42. The van der Waals surface area contributed by atoms with Crippen LogP contribution in [0.2, 0.25) is 0 Å². The molecule has 0 saturated carbocycles. The zero-order chi connectivity index (χ0) is 24.2. The minimum absolute atomic E-state index is 0.0727. The molecule has 0 atom stereocenters. The summed E-state index contributed by atoms with van der Waals surface area (Å²) < 4.78 is 8.30. The summed E-state index contributed by atoms with van der Waals surface area (Å²) in [6.07, 6.45) is 0. The minimum Gasteiger partial charge on any atom is -0.368 e. The number of carbonyl (C=O) groups excluding carboxylic acids is 2. The molecule has 1 saturated heterocycles.